The maximum Gasteiger partial charge on any atom is 0.251 e. The van der Waals surface area contributed by atoms with E-state index in [-0.39, 0.29) is 5.91 Å². The average molecular weight is 221 g/mol. The van der Waals surface area contributed by atoms with E-state index in [9.17, 15) is 9.90 Å². The summed E-state index contributed by atoms with van der Waals surface area (Å²) in [7, 11) is 1.70. The van der Waals surface area contributed by atoms with Crippen LogP contribution >= 0.6 is 0 Å². The number of amides is 1. The summed E-state index contributed by atoms with van der Waals surface area (Å²) in [4.78, 5) is 13.0. The van der Waals surface area contributed by atoms with Crippen LogP contribution in [0, 0.1) is 13.8 Å². The van der Waals surface area contributed by atoms with Crippen LogP contribution in [0.2, 0.25) is 0 Å². The van der Waals surface area contributed by atoms with Crippen molar-refractivity contribution in [1.82, 2.24) is 4.90 Å². The molecule has 3 nitrogen and oxygen atoms in total. The first kappa shape index (κ1) is 12.7. The van der Waals surface area contributed by atoms with Crippen molar-refractivity contribution >= 4 is 5.91 Å². The Morgan fingerprint density at radius 3 is 2.50 bits per heavy atom. The predicted molar refractivity (Wildman–Crippen MR) is 64.1 cm³/mol. The summed E-state index contributed by atoms with van der Waals surface area (Å²) in [6.07, 6.45) is -0.934. The molecule has 0 saturated carbocycles. The Morgan fingerprint density at radius 2 is 2.00 bits per heavy atom. The average Bonchev–Trinajstić information content (AvgIpc) is 2.22. The molecule has 0 aromatic heterocycles. The van der Waals surface area contributed by atoms with E-state index in [1.54, 1.807) is 7.05 Å². The number of likely N-dealkylation sites (N-methyl/N-ethyl adjacent to an activating group) is 1. The third kappa shape index (κ3) is 3.07. The standard InChI is InChI=1S/C13H19NO2/c1-9-5-6-12(7-10(9)2)8-14(4)13(16)11(3)15/h5-7,11,15H,8H2,1-4H3. The van der Waals surface area contributed by atoms with Crippen molar-refractivity contribution in [3.8, 4) is 0 Å². The lowest BCUT2D eigenvalue weighted by molar-refractivity contribution is -0.138. The van der Waals surface area contributed by atoms with E-state index in [1.807, 2.05) is 12.1 Å². The van der Waals surface area contributed by atoms with Crippen LogP contribution in [0.25, 0.3) is 0 Å². The van der Waals surface area contributed by atoms with Crippen LogP contribution in [0.15, 0.2) is 18.2 Å². The second-order valence-corrected chi connectivity index (χ2v) is 4.29. The normalized spacial score (nSPS) is 12.3. The number of aliphatic hydroxyl groups excluding tert-OH is 1. The summed E-state index contributed by atoms with van der Waals surface area (Å²) >= 11 is 0. The summed E-state index contributed by atoms with van der Waals surface area (Å²) in [5.41, 5.74) is 3.54. The van der Waals surface area contributed by atoms with Gasteiger partial charge in [-0.05, 0) is 37.5 Å². The molecule has 1 N–H and O–H groups in total. The van der Waals surface area contributed by atoms with Crippen LogP contribution in [0.4, 0.5) is 0 Å². The lowest BCUT2D eigenvalue weighted by Crippen LogP contribution is -2.34. The van der Waals surface area contributed by atoms with Crippen molar-refractivity contribution in [2.75, 3.05) is 7.05 Å². The van der Waals surface area contributed by atoms with E-state index in [1.165, 1.54) is 23.0 Å². The van der Waals surface area contributed by atoms with Gasteiger partial charge in [0, 0.05) is 13.6 Å². The molecule has 0 fully saturated rings. The molecule has 0 bridgehead atoms. The molecule has 0 radical (unpaired) electrons. The first-order chi connectivity index (χ1) is 7.41. The van der Waals surface area contributed by atoms with E-state index in [0.717, 1.165) is 5.56 Å². The molecule has 1 aromatic rings. The highest BCUT2D eigenvalue weighted by Gasteiger charge is 2.14. The molecule has 16 heavy (non-hydrogen) atoms. The highest BCUT2D eigenvalue weighted by molar-refractivity contribution is 5.79. The van der Waals surface area contributed by atoms with Gasteiger partial charge in [0.25, 0.3) is 5.91 Å². The minimum absolute atomic E-state index is 0.252. The largest absolute Gasteiger partial charge is 0.384 e. The summed E-state index contributed by atoms with van der Waals surface area (Å²) in [5, 5.41) is 9.18. The maximum atomic E-state index is 11.5. The third-order valence-electron chi connectivity index (χ3n) is 2.72. The highest BCUT2D eigenvalue weighted by atomic mass is 16.3. The number of aryl methyl sites for hydroxylation is 2. The van der Waals surface area contributed by atoms with Crippen LogP contribution in [0.3, 0.4) is 0 Å². The van der Waals surface area contributed by atoms with Crippen molar-refractivity contribution in [2.45, 2.75) is 33.4 Å². The Labute approximate surface area is 96.7 Å². The zero-order valence-electron chi connectivity index (χ0n) is 10.3. The van der Waals surface area contributed by atoms with Crippen molar-refractivity contribution in [1.29, 1.82) is 0 Å². The Hall–Kier alpha value is -1.35. The maximum absolute atomic E-state index is 11.5. The van der Waals surface area contributed by atoms with Crippen molar-refractivity contribution in [3.05, 3.63) is 34.9 Å². The number of hydrogen-bond acceptors (Lipinski definition) is 2. The van der Waals surface area contributed by atoms with E-state index < -0.39 is 6.10 Å². The van der Waals surface area contributed by atoms with Gasteiger partial charge >= 0.3 is 0 Å². The summed E-state index contributed by atoms with van der Waals surface area (Å²) < 4.78 is 0. The summed E-state index contributed by atoms with van der Waals surface area (Å²) in [5.74, 6) is -0.252. The molecule has 0 spiro atoms. The SMILES string of the molecule is Cc1ccc(CN(C)C(=O)C(C)O)cc1C. The first-order valence-electron chi connectivity index (χ1n) is 5.41. The zero-order valence-corrected chi connectivity index (χ0v) is 10.3. The van der Waals surface area contributed by atoms with E-state index in [0.29, 0.717) is 6.54 Å². The summed E-state index contributed by atoms with van der Waals surface area (Å²) in [6, 6.07) is 6.13. The topological polar surface area (TPSA) is 40.5 Å². The highest BCUT2D eigenvalue weighted by Crippen LogP contribution is 2.11. The Kier molecular flexibility index (Phi) is 4.07. The monoisotopic (exact) mass is 221 g/mol. The molecule has 1 atom stereocenters. The van der Waals surface area contributed by atoms with E-state index >= 15 is 0 Å². The lowest BCUT2D eigenvalue weighted by Gasteiger charge is -2.19. The van der Waals surface area contributed by atoms with Crippen LogP contribution in [-0.4, -0.2) is 29.1 Å². The predicted octanol–water partition coefficient (Wildman–Crippen LogP) is 1.64. The molecule has 1 unspecified atom stereocenters. The summed E-state index contributed by atoms with van der Waals surface area (Å²) in [6.45, 7) is 6.13. The van der Waals surface area contributed by atoms with Gasteiger partial charge in [0.2, 0.25) is 0 Å². The van der Waals surface area contributed by atoms with Crippen molar-refractivity contribution in [3.63, 3.8) is 0 Å². The van der Waals surface area contributed by atoms with Crippen LogP contribution in [0.5, 0.6) is 0 Å². The van der Waals surface area contributed by atoms with Gasteiger partial charge in [0.1, 0.15) is 6.10 Å². The fourth-order valence-corrected chi connectivity index (χ4v) is 1.57. The lowest BCUT2D eigenvalue weighted by atomic mass is 10.1. The van der Waals surface area contributed by atoms with Gasteiger partial charge in [0.15, 0.2) is 0 Å². The van der Waals surface area contributed by atoms with Crippen LogP contribution < -0.4 is 0 Å². The fourth-order valence-electron chi connectivity index (χ4n) is 1.57. The molecule has 3 heteroatoms. The van der Waals surface area contributed by atoms with Gasteiger partial charge in [-0.15, -0.1) is 0 Å². The molecule has 0 aliphatic carbocycles. The fraction of sp³-hybridized carbons (Fsp3) is 0.462. The zero-order chi connectivity index (χ0) is 12.3. The van der Waals surface area contributed by atoms with Gasteiger partial charge in [0.05, 0.1) is 0 Å². The third-order valence-corrected chi connectivity index (χ3v) is 2.72. The van der Waals surface area contributed by atoms with Crippen molar-refractivity contribution < 1.29 is 9.90 Å². The molecular formula is C13H19NO2. The smallest absolute Gasteiger partial charge is 0.251 e. The minimum atomic E-state index is -0.934. The van der Waals surface area contributed by atoms with E-state index in [2.05, 4.69) is 19.9 Å². The van der Waals surface area contributed by atoms with E-state index in [4.69, 9.17) is 0 Å². The number of carbonyl (C=O) groups is 1. The molecule has 88 valence electrons. The number of aliphatic hydroxyl groups is 1. The second-order valence-electron chi connectivity index (χ2n) is 4.29. The van der Waals surface area contributed by atoms with Gasteiger partial charge in [-0.1, -0.05) is 18.2 Å². The van der Waals surface area contributed by atoms with Gasteiger partial charge in [-0.2, -0.15) is 0 Å². The van der Waals surface area contributed by atoms with Gasteiger partial charge < -0.3 is 10.0 Å². The van der Waals surface area contributed by atoms with Gasteiger partial charge in [-0.3, -0.25) is 4.79 Å². The molecule has 0 saturated heterocycles. The molecular weight excluding hydrogens is 202 g/mol. The molecule has 0 aliphatic rings. The number of carbonyl (C=O) groups excluding carboxylic acids is 1. The quantitative estimate of drug-likeness (QED) is 0.843. The molecule has 0 aliphatic heterocycles. The Morgan fingerprint density at radius 1 is 1.38 bits per heavy atom. The Bertz CT molecular complexity index is 386. The number of hydrogen-bond donors (Lipinski definition) is 1. The minimum Gasteiger partial charge on any atom is -0.384 e. The number of nitrogens with zero attached hydrogens (tertiary/aromatic N) is 1. The van der Waals surface area contributed by atoms with Gasteiger partial charge in [-0.25, -0.2) is 0 Å². The molecule has 1 aromatic carbocycles. The second kappa shape index (κ2) is 5.12. The van der Waals surface area contributed by atoms with Crippen LogP contribution in [-0.2, 0) is 11.3 Å². The molecule has 1 rings (SSSR count). The molecule has 1 amide bonds. The Balaban J connectivity index is 2.73. The number of rotatable bonds is 3. The van der Waals surface area contributed by atoms with Crippen LogP contribution in [0.1, 0.15) is 23.6 Å². The van der Waals surface area contributed by atoms with Crippen molar-refractivity contribution in [2.24, 2.45) is 0 Å². The number of benzene rings is 1. The first-order valence-corrected chi connectivity index (χ1v) is 5.41. The molecule has 0 heterocycles.